The molecule has 0 unspecified atom stereocenters. The Morgan fingerprint density at radius 2 is 1.78 bits per heavy atom. The summed E-state index contributed by atoms with van der Waals surface area (Å²) in [6.45, 7) is 9.77. The molecule has 1 saturated heterocycles. The van der Waals surface area contributed by atoms with Crippen molar-refractivity contribution in [2.24, 2.45) is 5.16 Å². The lowest BCUT2D eigenvalue weighted by Gasteiger charge is -2.32. The van der Waals surface area contributed by atoms with Crippen LogP contribution >= 0.6 is 0 Å². The van der Waals surface area contributed by atoms with Crippen molar-refractivity contribution in [2.75, 3.05) is 0 Å². The molecular weight excluding hydrogens is 233 g/mol. The van der Waals surface area contributed by atoms with Gasteiger partial charge in [-0.2, -0.15) is 0 Å². The van der Waals surface area contributed by atoms with E-state index in [4.69, 9.17) is 18.9 Å². The second kappa shape index (κ2) is 4.14. The Morgan fingerprint density at radius 3 is 2.28 bits per heavy atom. The highest BCUT2D eigenvalue weighted by molar-refractivity contribution is 6.63. The van der Waals surface area contributed by atoms with Gasteiger partial charge in [-0.25, -0.2) is 0 Å². The molecule has 0 aromatic carbocycles. The highest BCUT2D eigenvalue weighted by Gasteiger charge is 2.52. The van der Waals surface area contributed by atoms with Gasteiger partial charge in [-0.3, -0.25) is 0 Å². The summed E-state index contributed by atoms with van der Waals surface area (Å²) in [7, 11) is -0.513. The zero-order chi connectivity index (χ0) is 13.6. The first-order valence-electron chi connectivity index (χ1n) is 5.90. The summed E-state index contributed by atoms with van der Waals surface area (Å²) in [5.41, 5.74) is -0.0728. The summed E-state index contributed by atoms with van der Waals surface area (Å²) in [5.74, 6) is 1.17. The lowest BCUT2D eigenvalue weighted by Crippen LogP contribution is -2.41. The summed E-state index contributed by atoms with van der Waals surface area (Å²) in [5, 5.41) is 11.6. The molecule has 5 nitrogen and oxygen atoms in total. The molecule has 1 N–H and O–H groups in total. The molecule has 1 aliphatic heterocycles. The van der Waals surface area contributed by atoms with E-state index in [2.05, 4.69) is 5.16 Å². The van der Waals surface area contributed by atoms with Crippen molar-refractivity contribution in [3.05, 3.63) is 17.6 Å². The van der Waals surface area contributed by atoms with Gasteiger partial charge in [-0.15, -0.1) is 0 Å². The van der Waals surface area contributed by atoms with Crippen molar-refractivity contribution in [3.63, 3.8) is 0 Å². The van der Waals surface area contributed by atoms with Crippen LogP contribution in [0.15, 0.2) is 15.6 Å². The molecule has 6 heteroatoms. The van der Waals surface area contributed by atoms with Gasteiger partial charge in [-0.1, -0.05) is 5.16 Å². The molecule has 2 heterocycles. The monoisotopic (exact) mass is 251 g/mol. The average Bonchev–Trinajstić information content (AvgIpc) is 2.67. The van der Waals surface area contributed by atoms with Gasteiger partial charge in [0.25, 0.3) is 0 Å². The molecule has 0 spiro atoms. The highest BCUT2D eigenvalue weighted by Crippen LogP contribution is 2.36. The van der Waals surface area contributed by atoms with E-state index in [0.29, 0.717) is 5.76 Å². The van der Waals surface area contributed by atoms with Gasteiger partial charge in [0, 0.05) is 5.46 Å². The predicted molar refractivity (Wildman–Crippen MR) is 68.5 cm³/mol. The molecule has 2 rings (SSSR count). The second-order valence-electron chi connectivity index (χ2n) is 5.51. The lowest BCUT2D eigenvalue weighted by atomic mass is 9.79. The molecule has 18 heavy (non-hydrogen) atoms. The Hall–Kier alpha value is -1.27. The van der Waals surface area contributed by atoms with E-state index >= 15 is 0 Å². The standard InChI is InChI=1S/C12H18BNO4/c1-8-6-9(10(16-8)7-14-15)13-17-11(2,3)12(4,5)18-13/h6-7,15H,1-5H3/b14-7+. The first-order valence-corrected chi connectivity index (χ1v) is 5.90. The van der Waals surface area contributed by atoms with Crippen molar-refractivity contribution >= 4 is 18.8 Å². The van der Waals surface area contributed by atoms with Crippen molar-refractivity contribution in [3.8, 4) is 0 Å². The molecule has 0 atom stereocenters. The van der Waals surface area contributed by atoms with Crippen molar-refractivity contribution < 1.29 is 18.9 Å². The van der Waals surface area contributed by atoms with E-state index in [0.717, 1.165) is 11.2 Å². The molecule has 1 aliphatic rings. The molecular formula is C12H18BNO4. The van der Waals surface area contributed by atoms with Crippen LogP contribution in [0.25, 0.3) is 0 Å². The molecule has 0 aliphatic carbocycles. The minimum atomic E-state index is -0.513. The van der Waals surface area contributed by atoms with E-state index in [1.165, 1.54) is 6.21 Å². The molecule has 0 amide bonds. The van der Waals surface area contributed by atoms with Crippen LogP contribution in [0.2, 0.25) is 0 Å². The van der Waals surface area contributed by atoms with Crippen LogP contribution in [-0.2, 0) is 9.31 Å². The first kappa shape index (κ1) is 13.2. The molecule has 0 radical (unpaired) electrons. The maximum atomic E-state index is 8.63. The van der Waals surface area contributed by atoms with Gasteiger partial charge in [-0.05, 0) is 40.7 Å². The smallest absolute Gasteiger partial charge is 0.461 e. The third-order valence-electron chi connectivity index (χ3n) is 3.60. The van der Waals surface area contributed by atoms with Crippen molar-refractivity contribution in [1.82, 2.24) is 0 Å². The summed E-state index contributed by atoms with van der Waals surface area (Å²) < 4.78 is 17.3. The van der Waals surface area contributed by atoms with Gasteiger partial charge < -0.3 is 18.9 Å². The Morgan fingerprint density at radius 1 is 1.22 bits per heavy atom. The fourth-order valence-corrected chi connectivity index (χ4v) is 1.86. The quantitative estimate of drug-likeness (QED) is 0.376. The van der Waals surface area contributed by atoms with Crippen LogP contribution in [-0.4, -0.2) is 29.7 Å². The van der Waals surface area contributed by atoms with Crippen molar-refractivity contribution in [1.29, 1.82) is 0 Å². The molecule has 1 aromatic rings. The predicted octanol–water partition coefficient (Wildman–Crippen LogP) is 1.70. The fraction of sp³-hybridized carbons (Fsp3) is 0.583. The number of hydrogen-bond acceptors (Lipinski definition) is 5. The second-order valence-corrected chi connectivity index (χ2v) is 5.51. The maximum Gasteiger partial charge on any atom is 0.498 e. The van der Waals surface area contributed by atoms with Crippen LogP contribution in [0, 0.1) is 6.92 Å². The van der Waals surface area contributed by atoms with Gasteiger partial charge in [0.2, 0.25) is 0 Å². The molecule has 98 valence electrons. The SMILES string of the molecule is Cc1cc(B2OC(C)(C)C(C)(C)O2)c(/C=N/O)o1. The Balaban J connectivity index is 2.35. The number of furan rings is 1. The van der Waals surface area contributed by atoms with Gasteiger partial charge >= 0.3 is 7.12 Å². The molecule has 1 fully saturated rings. The van der Waals surface area contributed by atoms with E-state index in [1.807, 2.05) is 40.7 Å². The minimum Gasteiger partial charge on any atom is -0.461 e. The Bertz CT molecular complexity index is 462. The summed E-state index contributed by atoms with van der Waals surface area (Å²) in [6, 6.07) is 1.83. The maximum absolute atomic E-state index is 8.63. The van der Waals surface area contributed by atoms with E-state index in [9.17, 15) is 0 Å². The summed E-state index contributed by atoms with van der Waals surface area (Å²) >= 11 is 0. The fourth-order valence-electron chi connectivity index (χ4n) is 1.86. The molecule has 0 saturated carbocycles. The molecule has 1 aromatic heterocycles. The lowest BCUT2D eigenvalue weighted by molar-refractivity contribution is 0.00578. The first-order chi connectivity index (χ1) is 8.27. The number of hydrogen-bond donors (Lipinski definition) is 1. The average molecular weight is 251 g/mol. The third kappa shape index (κ3) is 2.06. The van der Waals surface area contributed by atoms with Crippen LogP contribution in [0.1, 0.15) is 39.2 Å². The Labute approximate surface area is 107 Å². The van der Waals surface area contributed by atoms with Gasteiger partial charge in [0.15, 0.2) is 0 Å². The van der Waals surface area contributed by atoms with Crippen LogP contribution in [0.4, 0.5) is 0 Å². The Kier molecular flexibility index (Phi) is 3.03. The van der Waals surface area contributed by atoms with Crippen molar-refractivity contribution in [2.45, 2.75) is 45.8 Å². The van der Waals surface area contributed by atoms with Crippen LogP contribution < -0.4 is 5.46 Å². The summed E-state index contributed by atoms with van der Waals surface area (Å²) in [4.78, 5) is 0. The number of aryl methyl sites for hydroxylation is 1. The van der Waals surface area contributed by atoms with Crippen LogP contribution in [0.3, 0.4) is 0 Å². The number of rotatable bonds is 2. The minimum absolute atomic E-state index is 0.406. The number of nitrogens with zero attached hydrogens (tertiary/aromatic N) is 1. The molecule has 0 bridgehead atoms. The zero-order valence-electron chi connectivity index (χ0n) is 11.4. The van der Waals surface area contributed by atoms with E-state index in [-0.39, 0.29) is 0 Å². The van der Waals surface area contributed by atoms with E-state index < -0.39 is 18.3 Å². The zero-order valence-corrected chi connectivity index (χ0v) is 11.4. The normalized spacial score (nSPS) is 21.9. The van der Waals surface area contributed by atoms with E-state index in [1.54, 1.807) is 0 Å². The third-order valence-corrected chi connectivity index (χ3v) is 3.60. The topological polar surface area (TPSA) is 64.2 Å². The van der Waals surface area contributed by atoms with Crippen LogP contribution in [0.5, 0.6) is 0 Å². The highest BCUT2D eigenvalue weighted by atomic mass is 16.7. The van der Waals surface area contributed by atoms with Gasteiger partial charge in [0.05, 0.1) is 11.2 Å². The number of oxime groups is 1. The summed E-state index contributed by atoms with van der Waals surface area (Å²) in [6.07, 6.45) is 1.24. The van der Waals surface area contributed by atoms with Gasteiger partial charge in [0.1, 0.15) is 17.7 Å². The largest absolute Gasteiger partial charge is 0.498 e.